The SMILES string of the molecule is CCN(Cc1cccc(F)c1)C(=O)CSc1nc(C)nc(C)c1C#N. The molecule has 0 aliphatic rings. The lowest BCUT2D eigenvalue weighted by Gasteiger charge is -2.21. The Hall–Kier alpha value is -2.46. The summed E-state index contributed by atoms with van der Waals surface area (Å²) in [5.41, 5.74) is 1.75. The minimum absolute atomic E-state index is 0.0884. The number of benzene rings is 1. The van der Waals surface area contributed by atoms with Crippen molar-refractivity contribution in [1.82, 2.24) is 14.9 Å². The monoisotopic (exact) mass is 358 g/mol. The highest BCUT2D eigenvalue weighted by atomic mass is 32.2. The molecule has 1 amide bonds. The summed E-state index contributed by atoms with van der Waals surface area (Å²) in [7, 11) is 0. The van der Waals surface area contributed by atoms with E-state index in [9.17, 15) is 14.4 Å². The van der Waals surface area contributed by atoms with Crippen molar-refractivity contribution in [3.8, 4) is 6.07 Å². The van der Waals surface area contributed by atoms with Gasteiger partial charge in [0.05, 0.1) is 11.4 Å². The largest absolute Gasteiger partial charge is 0.338 e. The second-order valence-corrected chi connectivity index (χ2v) is 6.44. The molecular weight excluding hydrogens is 339 g/mol. The zero-order valence-electron chi connectivity index (χ0n) is 14.4. The van der Waals surface area contributed by atoms with Crippen molar-refractivity contribution in [3.05, 3.63) is 52.7 Å². The quantitative estimate of drug-likeness (QED) is 0.586. The number of thioether (sulfide) groups is 1. The fourth-order valence-electron chi connectivity index (χ4n) is 2.37. The molecule has 25 heavy (non-hydrogen) atoms. The highest BCUT2D eigenvalue weighted by Crippen LogP contribution is 2.22. The molecule has 0 aliphatic carbocycles. The number of hydrogen-bond acceptors (Lipinski definition) is 5. The molecule has 0 spiro atoms. The highest BCUT2D eigenvalue weighted by molar-refractivity contribution is 8.00. The van der Waals surface area contributed by atoms with Crippen LogP contribution in [0.15, 0.2) is 29.3 Å². The Morgan fingerprint density at radius 3 is 2.76 bits per heavy atom. The second-order valence-electron chi connectivity index (χ2n) is 5.47. The lowest BCUT2D eigenvalue weighted by Crippen LogP contribution is -2.31. The first-order chi connectivity index (χ1) is 11.9. The minimum atomic E-state index is -0.319. The van der Waals surface area contributed by atoms with Gasteiger partial charge in [-0.1, -0.05) is 23.9 Å². The molecule has 2 aromatic rings. The fourth-order valence-corrected chi connectivity index (χ4v) is 3.34. The van der Waals surface area contributed by atoms with E-state index in [2.05, 4.69) is 16.0 Å². The van der Waals surface area contributed by atoms with Gasteiger partial charge < -0.3 is 4.90 Å². The number of aromatic nitrogens is 2. The zero-order chi connectivity index (χ0) is 18.4. The van der Waals surface area contributed by atoms with Crippen molar-refractivity contribution < 1.29 is 9.18 Å². The Labute approximate surface area is 150 Å². The molecule has 0 unspecified atom stereocenters. The van der Waals surface area contributed by atoms with Crippen LogP contribution in [0.2, 0.25) is 0 Å². The summed E-state index contributed by atoms with van der Waals surface area (Å²) in [5.74, 6) is 0.322. The number of nitriles is 1. The lowest BCUT2D eigenvalue weighted by molar-refractivity contribution is -0.128. The number of rotatable bonds is 6. The summed E-state index contributed by atoms with van der Waals surface area (Å²) in [5, 5.41) is 9.77. The van der Waals surface area contributed by atoms with Crippen LogP contribution in [0, 0.1) is 31.0 Å². The van der Waals surface area contributed by atoms with Crippen LogP contribution in [0.1, 0.15) is 29.6 Å². The number of aryl methyl sites for hydroxylation is 2. The second kappa shape index (κ2) is 8.58. The molecule has 5 nitrogen and oxygen atoms in total. The molecular formula is C18H19FN4OS. The van der Waals surface area contributed by atoms with E-state index in [0.717, 1.165) is 5.56 Å². The molecule has 0 saturated heterocycles. The van der Waals surface area contributed by atoms with Gasteiger partial charge in [0.2, 0.25) is 5.91 Å². The van der Waals surface area contributed by atoms with E-state index in [1.807, 2.05) is 6.92 Å². The molecule has 2 rings (SSSR count). The Balaban J connectivity index is 2.07. The van der Waals surface area contributed by atoms with E-state index in [4.69, 9.17) is 0 Å². The van der Waals surface area contributed by atoms with Crippen molar-refractivity contribution in [1.29, 1.82) is 5.26 Å². The van der Waals surface area contributed by atoms with E-state index in [1.165, 1.54) is 23.9 Å². The number of halogens is 1. The maximum absolute atomic E-state index is 13.3. The third-order valence-electron chi connectivity index (χ3n) is 3.61. The first kappa shape index (κ1) is 18.9. The van der Waals surface area contributed by atoms with Gasteiger partial charge in [0, 0.05) is 13.1 Å². The average molecular weight is 358 g/mol. The molecule has 0 bridgehead atoms. The standard InChI is InChI=1S/C18H19FN4OS/c1-4-23(10-14-6-5-7-15(19)8-14)17(24)11-25-18-16(9-20)12(2)21-13(3)22-18/h5-8H,4,10-11H2,1-3H3. The molecule has 0 aliphatic heterocycles. The highest BCUT2D eigenvalue weighted by Gasteiger charge is 2.16. The molecule has 0 radical (unpaired) electrons. The van der Waals surface area contributed by atoms with Gasteiger partial charge in [-0.2, -0.15) is 5.26 Å². The summed E-state index contributed by atoms with van der Waals surface area (Å²) in [6, 6.07) is 8.31. The van der Waals surface area contributed by atoms with Crippen molar-refractivity contribution in [3.63, 3.8) is 0 Å². The molecule has 7 heteroatoms. The van der Waals surface area contributed by atoms with E-state index in [-0.39, 0.29) is 17.5 Å². The third-order valence-corrected chi connectivity index (χ3v) is 4.57. The van der Waals surface area contributed by atoms with E-state index in [1.54, 1.807) is 30.9 Å². The lowest BCUT2D eigenvalue weighted by atomic mass is 10.2. The molecule has 0 saturated carbocycles. The van der Waals surface area contributed by atoms with Crippen LogP contribution >= 0.6 is 11.8 Å². The van der Waals surface area contributed by atoms with Crippen LogP contribution in [0.3, 0.4) is 0 Å². The van der Waals surface area contributed by atoms with E-state index < -0.39 is 0 Å². The van der Waals surface area contributed by atoms with Gasteiger partial charge in [-0.05, 0) is 38.5 Å². The fraction of sp³-hybridized carbons (Fsp3) is 0.333. The molecule has 1 aromatic carbocycles. The van der Waals surface area contributed by atoms with E-state index >= 15 is 0 Å². The molecule has 1 heterocycles. The van der Waals surface area contributed by atoms with Gasteiger partial charge in [0.25, 0.3) is 0 Å². The summed E-state index contributed by atoms with van der Waals surface area (Å²) in [6.45, 7) is 6.24. The summed E-state index contributed by atoms with van der Waals surface area (Å²) < 4.78 is 13.3. The zero-order valence-corrected chi connectivity index (χ0v) is 15.2. The van der Waals surface area contributed by atoms with Gasteiger partial charge >= 0.3 is 0 Å². The Bertz CT molecular complexity index is 819. The normalized spacial score (nSPS) is 10.4. The van der Waals surface area contributed by atoms with Crippen molar-refractivity contribution in [2.24, 2.45) is 0 Å². The summed E-state index contributed by atoms with van der Waals surface area (Å²) in [4.78, 5) is 22.6. The van der Waals surface area contributed by atoms with Gasteiger partial charge in [-0.3, -0.25) is 4.79 Å². The van der Waals surface area contributed by atoms with Crippen molar-refractivity contribution in [2.75, 3.05) is 12.3 Å². The van der Waals surface area contributed by atoms with Gasteiger partial charge in [0.1, 0.15) is 28.3 Å². The van der Waals surface area contributed by atoms with Crippen LogP contribution in [0.4, 0.5) is 4.39 Å². The van der Waals surface area contributed by atoms with Crippen LogP contribution < -0.4 is 0 Å². The summed E-state index contributed by atoms with van der Waals surface area (Å²) >= 11 is 1.23. The Morgan fingerprint density at radius 1 is 1.36 bits per heavy atom. The maximum atomic E-state index is 13.3. The van der Waals surface area contributed by atoms with Crippen LogP contribution in [0.25, 0.3) is 0 Å². The number of nitrogens with zero attached hydrogens (tertiary/aromatic N) is 4. The smallest absolute Gasteiger partial charge is 0.233 e. The summed E-state index contributed by atoms with van der Waals surface area (Å²) in [6.07, 6.45) is 0. The number of hydrogen-bond donors (Lipinski definition) is 0. The van der Waals surface area contributed by atoms with Gasteiger partial charge in [-0.25, -0.2) is 14.4 Å². The number of carbonyl (C=O) groups excluding carboxylic acids is 1. The van der Waals surface area contributed by atoms with Gasteiger partial charge in [-0.15, -0.1) is 0 Å². The van der Waals surface area contributed by atoms with E-state index in [0.29, 0.717) is 35.2 Å². The van der Waals surface area contributed by atoms with Gasteiger partial charge in [0.15, 0.2) is 0 Å². The Kier molecular flexibility index (Phi) is 6.48. The third kappa shape index (κ3) is 5.00. The average Bonchev–Trinajstić information content (AvgIpc) is 2.57. The number of carbonyl (C=O) groups is 1. The topological polar surface area (TPSA) is 69.9 Å². The van der Waals surface area contributed by atoms with Crippen LogP contribution in [-0.4, -0.2) is 33.1 Å². The molecule has 0 N–H and O–H groups in total. The first-order valence-corrected chi connectivity index (χ1v) is 8.83. The predicted octanol–water partition coefficient (Wildman–Crippen LogP) is 3.25. The molecule has 130 valence electrons. The molecule has 1 aromatic heterocycles. The van der Waals surface area contributed by atoms with Crippen LogP contribution in [0.5, 0.6) is 0 Å². The van der Waals surface area contributed by atoms with Crippen LogP contribution in [-0.2, 0) is 11.3 Å². The maximum Gasteiger partial charge on any atom is 0.233 e. The van der Waals surface area contributed by atoms with Crippen molar-refractivity contribution in [2.45, 2.75) is 32.3 Å². The first-order valence-electron chi connectivity index (χ1n) is 7.85. The number of amides is 1. The predicted molar refractivity (Wildman–Crippen MR) is 94.4 cm³/mol. The Morgan fingerprint density at radius 2 is 2.12 bits per heavy atom. The van der Waals surface area contributed by atoms with Crippen molar-refractivity contribution >= 4 is 17.7 Å². The minimum Gasteiger partial charge on any atom is -0.338 e. The molecule has 0 atom stereocenters. The molecule has 0 fully saturated rings.